The average Bonchev–Trinajstić information content (AvgIpc) is 3.25. The highest BCUT2D eigenvalue weighted by atomic mass is 32.1. The molecule has 4 aromatic rings. The van der Waals surface area contributed by atoms with E-state index in [1.807, 2.05) is 42.5 Å². The third-order valence-electron chi connectivity index (χ3n) is 4.28. The van der Waals surface area contributed by atoms with E-state index >= 15 is 0 Å². The number of anilines is 1. The Balaban J connectivity index is 1.78. The topological polar surface area (TPSA) is 29.3 Å². The smallest absolute Gasteiger partial charge is 0.140 e. The number of aryl methyl sites for hydroxylation is 1. The van der Waals surface area contributed by atoms with E-state index in [9.17, 15) is 0 Å². The van der Waals surface area contributed by atoms with E-state index in [1.165, 1.54) is 0 Å². The molecular weight excluding hydrogens is 362 g/mol. The minimum absolute atomic E-state index is 0.0692. The first-order chi connectivity index (χ1) is 13.4. The van der Waals surface area contributed by atoms with E-state index in [-0.39, 0.29) is 5.54 Å². The van der Waals surface area contributed by atoms with Crippen LogP contribution < -0.4 is 5.32 Å². The first-order valence-corrected chi connectivity index (χ1v) is 10.2. The molecule has 4 rings (SSSR count). The van der Waals surface area contributed by atoms with Crippen LogP contribution in [-0.2, 0) is 0 Å². The number of hydrogen-bond donors (Lipinski definition) is 1. The van der Waals surface area contributed by atoms with Crippen LogP contribution in [0.4, 0.5) is 5.82 Å². The fourth-order valence-electron chi connectivity index (χ4n) is 3.08. The van der Waals surface area contributed by atoms with Crippen LogP contribution in [0.3, 0.4) is 0 Å². The molecule has 28 heavy (non-hydrogen) atoms. The zero-order valence-electron chi connectivity index (χ0n) is 16.6. The van der Waals surface area contributed by atoms with Crippen LogP contribution in [0.5, 0.6) is 0 Å². The molecule has 1 N–H and O–H groups in total. The molecule has 0 bridgehead atoms. The Kier molecular flexibility index (Phi) is 4.70. The molecular formula is C24H23N3S. The summed E-state index contributed by atoms with van der Waals surface area (Å²) in [6, 6.07) is 20.5. The molecule has 3 nitrogen and oxygen atoms in total. The molecule has 3 heterocycles. The Labute approximate surface area is 170 Å². The van der Waals surface area contributed by atoms with Gasteiger partial charge < -0.3 is 5.32 Å². The minimum Gasteiger partial charge on any atom is -0.365 e. The van der Waals surface area contributed by atoms with Gasteiger partial charge in [0.25, 0.3) is 0 Å². The monoisotopic (exact) mass is 385 g/mol. The molecule has 0 radical (unpaired) electrons. The molecule has 0 unspecified atom stereocenters. The number of nitrogens with zero attached hydrogens (tertiary/aromatic N) is 2. The summed E-state index contributed by atoms with van der Waals surface area (Å²) in [5, 5.41) is 3.65. The number of rotatable bonds is 2. The van der Waals surface area contributed by atoms with Crippen LogP contribution in [0.1, 0.15) is 36.9 Å². The van der Waals surface area contributed by atoms with Gasteiger partial charge in [0, 0.05) is 16.8 Å². The van der Waals surface area contributed by atoms with Crippen molar-refractivity contribution in [1.82, 2.24) is 9.38 Å². The van der Waals surface area contributed by atoms with Crippen LogP contribution in [0.2, 0.25) is 0 Å². The van der Waals surface area contributed by atoms with E-state index < -0.39 is 0 Å². The lowest BCUT2D eigenvalue weighted by Gasteiger charge is -2.23. The maximum Gasteiger partial charge on any atom is 0.140 e. The van der Waals surface area contributed by atoms with Gasteiger partial charge in [-0.25, -0.2) is 4.98 Å². The highest BCUT2D eigenvalue weighted by Crippen LogP contribution is 2.35. The summed E-state index contributed by atoms with van der Waals surface area (Å²) >= 11 is 1.68. The van der Waals surface area contributed by atoms with Gasteiger partial charge in [-0.3, -0.25) is 4.40 Å². The lowest BCUT2D eigenvalue weighted by Crippen LogP contribution is -2.27. The van der Waals surface area contributed by atoms with Crippen LogP contribution in [-0.4, -0.2) is 14.9 Å². The first kappa shape index (κ1) is 18.3. The van der Waals surface area contributed by atoms with Crippen molar-refractivity contribution in [1.29, 1.82) is 0 Å². The summed E-state index contributed by atoms with van der Waals surface area (Å²) < 4.78 is 2.19. The van der Waals surface area contributed by atoms with Crippen molar-refractivity contribution in [2.45, 2.75) is 33.2 Å². The standard InChI is InChI=1S/C24H23N3S/c1-17-9-8-12-21-25-22(23(27(17)21)26-24(2,3)4)20-16-15-19(28-20)14-13-18-10-6-5-7-11-18/h5-12,15-16,26H,1-4H3. The van der Waals surface area contributed by atoms with Gasteiger partial charge in [0.05, 0.1) is 9.75 Å². The maximum absolute atomic E-state index is 4.92. The van der Waals surface area contributed by atoms with E-state index in [1.54, 1.807) is 11.3 Å². The van der Waals surface area contributed by atoms with Crippen molar-refractivity contribution in [3.8, 4) is 22.4 Å². The largest absolute Gasteiger partial charge is 0.365 e. The molecule has 0 spiro atoms. The van der Waals surface area contributed by atoms with Gasteiger partial charge in [0.1, 0.15) is 17.2 Å². The fourth-order valence-corrected chi connectivity index (χ4v) is 3.93. The number of nitrogens with one attached hydrogen (secondary N) is 1. The molecule has 0 saturated heterocycles. The molecule has 0 amide bonds. The van der Waals surface area contributed by atoms with Crippen molar-refractivity contribution < 1.29 is 0 Å². The lowest BCUT2D eigenvalue weighted by atomic mass is 10.1. The summed E-state index contributed by atoms with van der Waals surface area (Å²) in [7, 11) is 0. The molecule has 0 fully saturated rings. The normalized spacial score (nSPS) is 11.3. The van der Waals surface area contributed by atoms with Crippen molar-refractivity contribution in [3.63, 3.8) is 0 Å². The predicted octanol–water partition coefficient (Wildman–Crippen LogP) is 5.98. The highest BCUT2D eigenvalue weighted by molar-refractivity contribution is 7.16. The zero-order valence-corrected chi connectivity index (χ0v) is 17.4. The van der Waals surface area contributed by atoms with Gasteiger partial charge in [0.15, 0.2) is 0 Å². The van der Waals surface area contributed by atoms with Gasteiger partial charge in [-0.05, 0) is 64.1 Å². The quantitative estimate of drug-likeness (QED) is 0.430. The van der Waals surface area contributed by atoms with Crippen LogP contribution in [0.15, 0.2) is 60.7 Å². The maximum atomic E-state index is 4.92. The second kappa shape index (κ2) is 7.18. The number of pyridine rings is 1. The molecule has 0 aliphatic rings. The Morgan fingerprint density at radius 3 is 2.46 bits per heavy atom. The second-order valence-corrected chi connectivity index (χ2v) is 8.91. The Hall–Kier alpha value is -3.03. The predicted molar refractivity (Wildman–Crippen MR) is 119 cm³/mol. The van der Waals surface area contributed by atoms with Crippen LogP contribution in [0.25, 0.3) is 16.2 Å². The molecule has 0 atom stereocenters. The number of fused-ring (bicyclic) bond motifs is 1. The summed E-state index contributed by atoms with van der Waals surface area (Å²) in [5.74, 6) is 7.54. The van der Waals surface area contributed by atoms with E-state index in [0.717, 1.165) is 38.2 Å². The summed E-state index contributed by atoms with van der Waals surface area (Å²) in [6.07, 6.45) is 0. The summed E-state index contributed by atoms with van der Waals surface area (Å²) in [6.45, 7) is 8.61. The third-order valence-corrected chi connectivity index (χ3v) is 5.28. The van der Waals surface area contributed by atoms with E-state index in [4.69, 9.17) is 4.98 Å². The van der Waals surface area contributed by atoms with Gasteiger partial charge in [-0.2, -0.15) is 0 Å². The van der Waals surface area contributed by atoms with E-state index in [0.29, 0.717) is 0 Å². The molecule has 4 heteroatoms. The highest BCUT2D eigenvalue weighted by Gasteiger charge is 2.21. The Morgan fingerprint density at radius 1 is 0.929 bits per heavy atom. The van der Waals surface area contributed by atoms with Crippen LogP contribution >= 0.6 is 11.3 Å². The number of thiophene rings is 1. The first-order valence-electron chi connectivity index (χ1n) is 9.34. The van der Waals surface area contributed by atoms with E-state index in [2.05, 4.69) is 67.5 Å². The minimum atomic E-state index is -0.0692. The molecule has 3 aromatic heterocycles. The lowest BCUT2D eigenvalue weighted by molar-refractivity contribution is 0.629. The zero-order chi connectivity index (χ0) is 19.7. The Bertz CT molecular complexity index is 1180. The van der Waals surface area contributed by atoms with Crippen molar-refractivity contribution in [2.24, 2.45) is 0 Å². The third kappa shape index (κ3) is 3.81. The summed E-state index contributed by atoms with van der Waals surface area (Å²) in [4.78, 5) is 7.08. The van der Waals surface area contributed by atoms with Crippen molar-refractivity contribution >= 4 is 22.8 Å². The van der Waals surface area contributed by atoms with Crippen molar-refractivity contribution in [3.05, 3.63) is 76.8 Å². The number of imidazole rings is 1. The number of hydrogen-bond acceptors (Lipinski definition) is 3. The SMILES string of the molecule is Cc1cccc2nc(-c3ccc(C#Cc4ccccc4)s3)c(NC(C)(C)C)n12. The summed E-state index contributed by atoms with van der Waals surface area (Å²) in [5.41, 5.74) is 4.04. The van der Waals surface area contributed by atoms with Gasteiger partial charge in [-0.15, -0.1) is 11.3 Å². The van der Waals surface area contributed by atoms with Crippen LogP contribution in [0, 0.1) is 18.8 Å². The number of benzene rings is 1. The van der Waals surface area contributed by atoms with Gasteiger partial charge in [-0.1, -0.05) is 36.1 Å². The second-order valence-electron chi connectivity index (χ2n) is 7.82. The molecule has 0 saturated carbocycles. The number of aromatic nitrogens is 2. The molecule has 1 aromatic carbocycles. The molecule has 0 aliphatic heterocycles. The molecule has 0 aliphatic carbocycles. The van der Waals surface area contributed by atoms with Gasteiger partial charge >= 0.3 is 0 Å². The fraction of sp³-hybridized carbons (Fsp3) is 0.208. The van der Waals surface area contributed by atoms with Gasteiger partial charge in [0.2, 0.25) is 0 Å². The average molecular weight is 386 g/mol. The Morgan fingerprint density at radius 2 is 1.71 bits per heavy atom. The van der Waals surface area contributed by atoms with Crippen molar-refractivity contribution in [2.75, 3.05) is 5.32 Å². The molecule has 140 valence electrons.